The van der Waals surface area contributed by atoms with Gasteiger partial charge < -0.3 is 5.11 Å². The molecule has 0 bridgehead atoms. The average Bonchev–Trinajstić information content (AvgIpc) is 2.80. The van der Waals surface area contributed by atoms with Gasteiger partial charge in [0.15, 0.2) is 0 Å². The lowest BCUT2D eigenvalue weighted by atomic mass is 10.2. The van der Waals surface area contributed by atoms with Crippen molar-refractivity contribution in [3.8, 4) is 5.75 Å². The van der Waals surface area contributed by atoms with E-state index in [1.54, 1.807) is 10.7 Å². The van der Waals surface area contributed by atoms with Crippen molar-refractivity contribution >= 4 is 0 Å². The molecule has 1 N–H and O–H groups in total. The third kappa shape index (κ3) is 3.32. The molecule has 2 rings (SSSR count). The maximum absolute atomic E-state index is 9.69. The highest BCUT2D eigenvalue weighted by Gasteiger charge is 2.04. The van der Waals surface area contributed by atoms with Crippen LogP contribution in [0.2, 0.25) is 0 Å². The minimum absolute atomic E-state index is 0.306. The summed E-state index contributed by atoms with van der Waals surface area (Å²) in [4.78, 5) is 0. The van der Waals surface area contributed by atoms with E-state index in [0.29, 0.717) is 12.3 Å². The Morgan fingerprint density at radius 3 is 2.83 bits per heavy atom. The number of rotatable bonds is 6. The number of aryl methyl sites for hydroxylation is 1. The third-order valence-electron chi connectivity index (χ3n) is 2.95. The Hall–Kier alpha value is -1.84. The van der Waals surface area contributed by atoms with Crippen molar-refractivity contribution in [2.45, 2.75) is 39.2 Å². The van der Waals surface area contributed by atoms with E-state index >= 15 is 0 Å². The van der Waals surface area contributed by atoms with Gasteiger partial charge in [-0.05, 0) is 18.9 Å². The molecule has 0 amide bonds. The summed E-state index contributed by atoms with van der Waals surface area (Å²) in [5.41, 5.74) is 1.89. The molecule has 4 nitrogen and oxygen atoms in total. The van der Waals surface area contributed by atoms with Crippen LogP contribution in [0.5, 0.6) is 5.75 Å². The van der Waals surface area contributed by atoms with E-state index in [9.17, 15) is 5.11 Å². The number of para-hydroxylation sites is 1. The molecule has 0 unspecified atom stereocenters. The van der Waals surface area contributed by atoms with E-state index in [2.05, 4.69) is 17.2 Å². The molecule has 0 radical (unpaired) electrons. The number of hydrogen-bond donors (Lipinski definition) is 1. The fourth-order valence-electron chi connectivity index (χ4n) is 1.91. The first kappa shape index (κ1) is 12.6. The van der Waals surface area contributed by atoms with E-state index in [4.69, 9.17) is 0 Å². The van der Waals surface area contributed by atoms with Crippen molar-refractivity contribution in [1.82, 2.24) is 15.0 Å². The van der Waals surface area contributed by atoms with Crippen LogP contribution in [-0.4, -0.2) is 20.1 Å². The van der Waals surface area contributed by atoms with Crippen molar-refractivity contribution in [2.75, 3.05) is 0 Å². The molecule has 0 fully saturated rings. The zero-order chi connectivity index (χ0) is 12.8. The predicted octanol–water partition coefficient (Wildman–Crippen LogP) is 2.76. The predicted molar refractivity (Wildman–Crippen MR) is 70.5 cm³/mol. The highest BCUT2D eigenvalue weighted by atomic mass is 16.3. The zero-order valence-corrected chi connectivity index (χ0v) is 10.7. The molecule has 2 aromatic rings. The monoisotopic (exact) mass is 245 g/mol. The molecule has 0 aliphatic rings. The summed E-state index contributed by atoms with van der Waals surface area (Å²) in [7, 11) is 0. The van der Waals surface area contributed by atoms with Crippen LogP contribution >= 0.6 is 0 Å². The quantitative estimate of drug-likeness (QED) is 0.796. The molecule has 0 aliphatic carbocycles. The average molecular weight is 245 g/mol. The SMILES string of the molecule is CCCCCc1cn(Cc2ccccc2O)nn1. The maximum Gasteiger partial charge on any atom is 0.120 e. The van der Waals surface area contributed by atoms with E-state index in [1.807, 2.05) is 24.4 Å². The lowest BCUT2D eigenvalue weighted by Crippen LogP contribution is -2.00. The lowest BCUT2D eigenvalue weighted by Gasteiger charge is -2.02. The van der Waals surface area contributed by atoms with Crippen LogP contribution < -0.4 is 0 Å². The molecule has 1 aromatic heterocycles. The van der Waals surface area contributed by atoms with Gasteiger partial charge in [0.25, 0.3) is 0 Å². The van der Waals surface area contributed by atoms with Gasteiger partial charge in [-0.2, -0.15) is 0 Å². The Balaban J connectivity index is 1.96. The summed E-state index contributed by atoms with van der Waals surface area (Å²) in [5, 5.41) is 17.9. The molecule has 0 atom stereocenters. The standard InChI is InChI=1S/C14H19N3O/c1-2-3-4-8-13-11-17(16-15-13)10-12-7-5-6-9-14(12)18/h5-7,9,11,18H,2-4,8,10H2,1H3. The van der Waals surface area contributed by atoms with E-state index in [-0.39, 0.29) is 0 Å². The Morgan fingerprint density at radius 1 is 1.22 bits per heavy atom. The fourth-order valence-corrected chi connectivity index (χ4v) is 1.91. The second kappa shape index (κ2) is 6.19. The summed E-state index contributed by atoms with van der Waals surface area (Å²) < 4.78 is 1.77. The number of nitrogens with zero attached hydrogens (tertiary/aromatic N) is 3. The first-order valence-corrected chi connectivity index (χ1v) is 6.45. The van der Waals surface area contributed by atoms with Crippen LogP contribution in [0.4, 0.5) is 0 Å². The molecule has 0 saturated carbocycles. The fraction of sp³-hybridized carbons (Fsp3) is 0.429. The maximum atomic E-state index is 9.69. The van der Waals surface area contributed by atoms with Crippen LogP contribution in [-0.2, 0) is 13.0 Å². The number of benzene rings is 1. The number of hydrogen-bond acceptors (Lipinski definition) is 3. The van der Waals surface area contributed by atoms with Crippen LogP contribution in [0.25, 0.3) is 0 Å². The molecule has 1 aromatic carbocycles. The number of phenolic OH excluding ortho intramolecular Hbond substituents is 1. The highest BCUT2D eigenvalue weighted by molar-refractivity contribution is 5.31. The van der Waals surface area contributed by atoms with Gasteiger partial charge in [-0.1, -0.05) is 43.2 Å². The first-order chi connectivity index (χ1) is 8.79. The molecular weight excluding hydrogens is 226 g/mol. The van der Waals surface area contributed by atoms with E-state index in [0.717, 1.165) is 24.1 Å². The van der Waals surface area contributed by atoms with Gasteiger partial charge in [-0.3, -0.25) is 0 Å². The molecule has 4 heteroatoms. The molecular formula is C14H19N3O. The lowest BCUT2D eigenvalue weighted by molar-refractivity contribution is 0.463. The first-order valence-electron chi connectivity index (χ1n) is 6.45. The van der Waals surface area contributed by atoms with Crippen molar-refractivity contribution in [2.24, 2.45) is 0 Å². The normalized spacial score (nSPS) is 10.7. The van der Waals surface area contributed by atoms with Crippen molar-refractivity contribution in [1.29, 1.82) is 0 Å². The number of phenols is 1. The van der Waals surface area contributed by atoms with Gasteiger partial charge >= 0.3 is 0 Å². The summed E-state index contributed by atoms with van der Waals surface area (Å²) >= 11 is 0. The molecule has 18 heavy (non-hydrogen) atoms. The smallest absolute Gasteiger partial charge is 0.120 e. The van der Waals surface area contributed by atoms with Gasteiger partial charge in [0, 0.05) is 11.8 Å². The molecule has 96 valence electrons. The van der Waals surface area contributed by atoms with Gasteiger partial charge in [0.1, 0.15) is 5.75 Å². The molecule has 0 spiro atoms. The Bertz CT molecular complexity index is 493. The Labute approximate surface area is 107 Å². The summed E-state index contributed by atoms with van der Waals surface area (Å²) in [6.07, 6.45) is 6.54. The largest absolute Gasteiger partial charge is 0.508 e. The summed E-state index contributed by atoms with van der Waals surface area (Å²) in [5.74, 6) is 0.306. The highest BCUT2D eigenvalue weighted by Crippen LogP contribution is 2.16. The molecule has 0 aliphatic heterocycles. The van der Waals surface area contributed by atoms with E-state index < -0.39 is 0 Å². The number of aromatic nitrogens is 3. The van der Waals surface area contributed by atoms with Gasteiger partial charge in [-0.15, -0.1) is 5.10 Å². The number of aromatic hydroxyl groups is 1. The molecule has 0 saturated heterocycles. The minimum Gasteiger partial charge on any atom is -0.508 e. The van der Waals surface area contributed by atoms with Crippen molar-refractivity contribution in [3.63, 3.8) is 0 Å². The van der Waals surface area contributed by atoms with Crippen molar-refractivity contribution < 1.29 is 5.11 Å². The zero-order valence-electron chi connectivity index (χ0n) is 10.7. The second-order valence-electron chi connectivity index (χ2n) is 4.49. The van der Waals surface area contributed by atoms with Crippen LogP contribution in [0.1, 0.15) is 37.4 Å². The summed E-state index contributed by atoms with van der Waals surface area (Å²) in [6, 6.07) is 7.31. The van der Waals surface area contributed by atoms with Gasteiger partial charge in [0.05, 0.1) is 12.2 Å². The van der Waals surface area contributed by atoms with E-state index in [1.165, 1.54) is 12.8 Å². The van der Waals surface area contributed by atoms with Gasteiger partial charge in [0.2, 0.25) is 0 Å². The van der Waals surface area contributed by atoms with Gasteiger partial charge in [-0.25, -0.2) is 4.68 Å². The Kier molecular flexibility index (Phi) is 4.34. The second-order valence-corrected chi connectivity index (χ2v) is 4.49. The number of unbranched alkanes of at least 4 members (excludes halogenated alkanes) is 2. The molecule has 1 heterocycles. The van der Waals surface area contributed by atoms with Crippen LogP contribution in [0.15, 0.2) is 30.5 Å². The van der Waals surface area contributed by atoms with Crippen molar-refractivity contribution in [3.05, 3.63) is 41.7 Å². The van der Waals surface area contributed by atoms with Crippen LogP contribution in [0.3, 0.4) is 0 Å². The Morgan fingerprint density at radius 2 is 2.06 bits per heavy atom. The van der Waals surface area contributed by atoms with Crippen LogP contribution in [0, 0.1) is 0 Å². The third-order valence-corrected chi connectivity index (χ3v) is 2.95. The topological polar surface area (TPSA) is 50.9 Å². The summed E-state index contributed by atoms with van der Waals surface area (Å²) in [6.45, 7) is 2.75. The minimum atomic E-state index is 0.306.